The maximum Gasteiger partial charge on any atom is 0.254 e. The lowest BCUT2D eigenvalue weighted by Crippen LogP contribution is -2.40. The van der Waals surface area contributed by atoms with Crippen molar-refractivity contribution < 1.29 is 9.59 Å². The third-order valence-electron chi connectivity index (χ3n) is 3.52. The molecule has 0 aliphatic heterocycles. The molecule has 0 unspecified atom stereocenters. The number of carbonyl (C=O) groups excluding carboxylic acids is 2. The zero-order chi connectivity index (χ0) is 14.7. The Kier molecular flexibility index (Phi) is 4.42. The van der Waals surface area contributed by atoms with E-state index in [-0.39, 0.29) is 24.4 Å². The van der Waals surface area contributed by atoms with Gasteiger partial charge in [-0.1, -0.05) is 6.07 Å². The molecule has 0 spiro atoms. The third kappa shape index (κ3) is 3.38. The maximum atomic E-state index is 12.3. The van der Waals surface area contributed by atoms with Gasteiger partial charge in [-0.15, -0.1) is 0 Å². The highest BCUT2D eigenvalue weighted by atomic mass is 16.2. The average Bonchev–Trinajstić information content (AvgIpc) is 2.83. The summed E-state index contributed by atoms with van der Waals surface area (Å²) in [5, 5.41) is 2.79. The minimum Gasteiger partial charge on any atom is -0.352 e. The van der Waals surface area contributed by atoms with Gasteiger partial charge in [0.15, 0.2) is 0 Å². The predicted molar refractivity (Wildman–Crippen MR) is 78.7 cm³/mol. The normalized spacial score (nSPS) is 13.2. The second kappa shape index (κ2) is 6.07. The molecule has 1 N–H and O–H groups in total. The van der Waals surface area contributed by atoms with E-state index in [0.29, 0.717) is 5.56 Å². The number of carbonyl (C=O) groups is 2. The number of hydrogen-bond donors (Lipinski definition) is 1. The van der Waals surface area contributed by atoms with E-state index in [0.717, 1.165) is 12.8 Å². The second-order valence-corrected chi connectivity index (χ2v) is 5.72. The number of nitrogens with zero attached hydrogens (tertiary/aromatic N) is 1. The van der Waals surface area contributed by atoms with Crippen LogP contribution in [0.25, 0.3) is 0 Å². The van der Waals surface area contributed by atoms with Crippen molar-refractivity contribution in [3.8, 4) is 0 Å². The molecule has 0 fully saturated rings. The SMILES string of the molecule is CC(C)NC(=O)CN(C)C(=O)c1ccc2c(c1)CCC2. The highest BCUT2D eigenvalue weighted by Crippen LogP contribution is 2.23. The molecule has 2 rings (SSSR count). The quantitative estimate of drug-likeness (QED) is 0.909. The number of aryl methyl sites for hydroxylation is 2. The molecule has 20 heavy (non-hydrogen) atoms. The van der Waals surface area contributed by atoms with E-state index in [9.17, 15) is 9.59 Å². The first-order chi connectivity index (χ1) is 9.47. The van der Waals surface area contributed by atoms with Crippen LogP contribution >= 0.6 is 0 Å². The van der Waals surface area contributed by atoms with Crippen LogP contribution in [0.1, 0.15) is 41.8 Å². The lowest BCUT2D eigenvalue weighted by molar-refractivity contribution is -0.122. The first-order valence-corrected chi connectivity index (χ1v) is 7.14. The van der Waals surface area contributed by atoms with E-state index in [1.807, 2.05) is 32.0 Å². The van der Waals surface area contributed by atoms with Crippen molar-refractivity contribution in [1.29, 1.82) is 0 Å². The van der Waals surface area contributed by atoms with Crippen LogP contribution < -0.4 is 5.32 Å². The summed E-state index contributed by atoms with van der Waals surface area (Å²) in [7, 11) is 1.66. The first-order valence-electron chi connectivity index (χ1n) is 7.14. The monoisotopic (exact) mass is 274 g/mol. The molecule has 1 aliphatic rings. The Morgan fingerprint density at radius 2 is 1.95 bits per heavy atom. The highest BCUT2D eigenvalue weighted by molar-refractivity contribution is 5.96. The molecule has 0 heterocycles. The molecule has 0 radical (unpaired) electrons. The number of nitrogens with one attached hydrogen (secondary N) is 1. The molecule has 108 valence electrons. The van der Waals surface area contributed by atoms with E-state index >= 15 is 0 Å². The number of benzene rings is 1. The lowest BCUT2D eigenvalue weighted by Gasteiger charge is -2.18. The number of rotatable bonds is 4. The fourth-order valence-electron chi connectivity index (χ4n) is 2.58. The largest absolute Gasteiger partial charge is 0.352 e. The second-order valence-electron chi connectivity index (χ2n) is 5.72. The summed E-state index contributed by atoms with van der Waals surface area (Å²) in [5.41, 5.74) is 3.29. The fourth-order valence-corrected chi connectivity index (χ4v) is 2.58. The first kappa shape index (κ1) is 14.6. The molecular weight excluding hydrogens is 252 g/mol. The van der Waals surface area contributed by atoms with Gasteiger partial charge in [-0.2, -0.15) is 0 Å². The van der Waals surface area contributed by atoms with Crippen LogP contribution in [0.4, 0.5) is 0 Å². The summed E-state index contributed by atoms with van der Waals surface area (Å²) < 4.78 is 0. The van der Waals surface area contributed by atoms with Gasteiger partial charge in [0.1, 0.15) is 0 Å². The van der Waals surface area contributed by atoms with Gasteiger partial charge in [0.2, 0.25) is 5.91 Å². The van der Waals surface area contributed by atoms with Crippen LogP contribution in [0.3, 0.4) is 0 Å². The summed E-state index contributed by atoms with van der Waals surface area (Å²) in [6, 6.07) is 5.97. The van der Waals surface area contributed by atoms with Gasteiger partial charge in [-0.25, -0.2) is 0 Å². The van der Waals surface area contributed by atoms with Crippen molar-refractivity contribution in [3.05, 3.63) is 34.9 Å². The van der Waals surface area contributed by atoms with Crippen LogP contribution in [-0.2, 0) is 17.6 Å². The van der Waals surface area contributed by atoms with Gasteiger partial charge in [-0.05, 0) is 56.4 Å². The molecule has 1 aromatic carbocycles. The van der Waals surface area contributed by atoms with Crippen molar-refractivity contribution in [2.24, 2.45) is 0 Å². The molecule has 1 aliphatic carbocycles. The van der Waals surface area contributed by atoms with E-state index in [1.54, 1.807) is 7.05 Å². The number of fused-ring (bicyclic) bond motifs is 1. The Bertz CT molecular complexity index is 523. The van der Waals surface area contributed by atoms with E-state index in [2.05, 4.69) is 5.32 Å². The predicted octanol–water partition coefficient (Wildman–Crippen LogP) is 1.77. The number of hydrogen-bond acceptors (Lipinski definition) is 2. The zero-order valence-electron chi connectivity index (χ0n) is 12.4. The number of likely N-dealkylation sites (N-methyl/N-ethyl adjacent to an activating group) is 1. The number of amides is 2. The maximum absolute atomic E-state index is 12.3. The van der Waals surface area contributed by atoms with Crippen molar-refractivity contribution in [1.82, 2.24) is 10.2 Å². The van der Waals surface area contributed by atoms with Gasteiger partial charge in [0.25, 0.3) is 5.91 Å². The van der Waals surface area contributed by atoms with Crippen LogP contribution in [0, 0.1) is 0 Å². The molecule has 0 saturated carbocycles. The molecule has 4 nitrogen and oxygen atoms in total. The molecule has 0 aromatic heterocycles. The fraction of sp³-hybridized carbons (Fsp3) is 0.500. The van der Waals surface area contributed by atoms with Crippen molar-refractivity contribution >= 4 is 11.8 Å². The zero-order valence-corrected chi connectivity index (χ0v) is 12.4. The summed E-state index contributed by atoms with van der Waals surface area (Å²) >= 11 is 0. The molecule has 4 heteroatoms. The Morgan fingerprint density at radius 1 is 1.25 bits per heavy atom. The van der Waals surface area contributed by atoms with Crippen molar-refractivity contribution in [3.63, 3.8) is 0 Å². The average molecular weight is 274 g/mol. The van der Waals surface area contributed by atoms with Gasteiger partial charge >= 0.3 is 0 Å². The Hall–Kier alpha value is -1.84. The van der Waals surface area contributed by atoms with Crippen LogP contribution in [-0.4, -0.2) is 36.3 Å². The summed E-state index contributed by atoms with van der Waals surface area (Å²) in [6.45, 7) is 3.90. The van der Waals surface area contributed by atoms with Gasteiger partial charge in [0, 0.05) is 18.7 Å². The third-order valence-corrected chi connectivity index (χ3v) is 3.52. The van der Waals surface area contributed by atoms with Crippen molar-refractivity contribution in [2.45, 2.75) is 39.2 Å². The van der Waals surface area contributed by atoms with Crippen molar-refractivity contribution in [2.75, 3.05) is 13.6 Å². The summed E-state index contributed by atoms with van der Waals surface area (Å²) in [5.74, 6) is -0.226. The van der Waals surface area contributed by atoms with Crippen LogP contribution in [0.2, 0.25) is 0 Å². The summed E-state index contributed by atoms with van der Waals surface area (Å²) in [4.78, 5) is 25.5. The standard InChI is InChI=1S/C16H22N2O2/c1-11(2)17-15(19)10-18(3)16(20)14-8-7-12-5-4-6-13(12)9-14/h7-9,11H,4-6,10H2,1-3H3,(H,17,19). The minimum atomic E-state index is -0.128. The van der Waals surface area contributed by atoms with Crippen LogP contribution in [0.15, 0.2) is 18.2 Å². The molecule has 0 atom stereocenters. The highest BCUT2D eigenvalue weighted by Gasteiger charge is 2.18. The van der Waals surface area contributed by atoms with Gasteiger partial charge in [-0.3, -0.25) is 9.59 Å². The van der Waals surface area contributed by atoms with Gasteiger partial charge in [0.05, 0.1) is 6.54 Å². The summed E-state index contributed by atoms with van der Waals surface area (Å²) in [6.07, 6.45) is 3.32. The molecular formula is C16H22N2O2. The minimum absolute atomic E-state index is 0.0889. The molecule has 0 saturated heterocycles. The van der Waals surface area contributed by atoms with E-state index in [1.165, 1.54) is 22.4 Å². The topological polar surface area (TPSA) is 49.4 Å². The Labute approximate surface area is 120 Å². The van der Waals surface area contributed by atoms with E-state index in [4.69, 9.17) is 0 Å². The Morgan fingerprint density at radius 3 is 2.65 bits per heavy atom. The lowest BCUT2D eigenvalue weighted by atomic mass is 10.1. The van der Waals surface area contributed by atoms with E-state index < -0.39 is 0 Å². The molecule has 0 bridgehead atoms. The van der Waals surface area contributed by atoms with Crippen LogP contribution in [0.5, 0.6) is 0 Å². The Balaban J connectivity index is 2.01. The smallest absolute Gasteiger partial charge is 0.254 e. The molecule has 1 aromatic rings. The molecule has 2 amide bonds. The van der Waals surface area contributed by atoms with Gasteiger partial charge < -0.3 is 10.2 Å².